The Hall–Kier alpha value is -3.78. The van der Waals surface area contributed by atoms with Gasteiger partial charge >= 0.3 is 5.97 Å². The summed E-state index contributed by atoms with van der Waals surface area (Å²) in [6.45, 7) is 3.86. The van der Waals surface area contributed by atoms with Crippen LogP contribution in [0.1, 0.15) is 26.4 Å². The van der Waals surface area contributed by atoms with Gasteiger partial charge in [-0.1, -0.05) is 29.8 Å². The Kier molecular flexibility index (Phi) is 6.61. The van der Waals surface area contributed by atoms with E-state index >= 15 is 0 Å². The Morgan fingerprint density at radius 2 is 1.71 bits per heavy atom. The highest BCUT2D eigenvalue weighted by Gasteiger charge is 2.24. The molecule has 3 rings (SSSR count). The third-order valence-corrected chi connectivity index (χ3v) is 5.60. The van der Waals surface area contributed by atoms with Crippen LogP contribution in [0.4, 0.5) is 10.7 Å². The van der Waals surface area contributed by atoms with E-state index in [1.54, 1.807) is 12.1 Å². The maximum atomic E-state index is 12.5. The van der Waals surface area contributed by atoms with E-state index in [0.29, 0.717) is 16.1 Å². The van der Waals surface area contributed by atoms with Crippen molar-refractivity contribution in [2.45, 2.75) is 13.8 Å². The van der Waals surface area contributed by atoms with Crippen molar-refractivity contribution in [2.24, 2.45) is 0 Å². The molecule has 0 aliphatic rings. The molecule has 0 radical (unpaired) electrons. The summed E-state index contributed by atoms with van der Waals surface area (Å²) in [5, 5.41) is 13.9. The molecule has 1 aromatic heterocycles. The molecule has 7 nitrogen and oxygen atoms in total. The number of nitro benzene ring substituents is 1. The van der Waals surface area contributed by atoms with Crippen LogP contribution < -0.4 is 5.32 Å². The third kappa shape index (κ3) is 5.04. The van der Waals surface area contributed by atoms with Crippen LogP contribution in [-0.2, 0) is 9.53 Å². The molecule has 0 saturated heterocycles. The summed E-state index contributed by atoms with van der Waals surface area (Å²) in [4.78, 5) is 36.1. The minimum Gasteiger partial charge on any atom is -0.465 e. The molecule has 3 aromatic rings. The van der Waals surface area contributed by atoms with E-state index in [4.69, 9.17) is 4.74 Å². The lowest BCUT2D eigenvalue weighted by Crippen LogP contribution is -2.11. The van der Waals surface area contributed by atoms with Crippen LogP contribution in [0, 0.1) is 24.0 Å². The molecule has 0 saturated carbocycles. The van der Waals surface area contributed by atoms with Gasteiger partial charge in [0.25, 0.3) is 5.69 Å². The molecular weight excluding hydrogens is 416 g/mol. The van der Waals surface area contributed by atoms with E-state index in [1.807, 2.05) is 38.1 Å². The summed E-state index contributed by atoms with van der Waals surface area (Å²) < 4.78 is 4.96. The predicted molar refractivity (Wildman–Crippen MR) is 121 cm³/mol. The lowest BCUT2D eigenvalue weighted by Gasteiger charge is -2.07. The maximum absolute atomic E-state index is 12.5. The first-order chi connectivity index (χ1) is 14.8. The molecule has 31 heavy (non-hydrogen) atoms. The number of anilines is 1. The van der Waals surface area contributed by atoms with Crippen molar-refractivity contribution in [1.82, 2.24) is 0 Å². The van der Waals surface area contributed by atoms with Crippen molar-refractivity contribution in [1.29, 1.82) is 0 Å². The number of hydrogen-bond acceptors (Lipinski definition) is 6. The summed E-state index contributed by atoms with van der Waals surface area (Å²) in [5.74, 6) is -0.963. The summed E-state index contributed by atoms with van der Waals surface area (Å²) in [5.41, 5.74) is 3.61. The lowest BCUT2D eigenvalue weighted by molar-refractivity contribution is -0.384. The number of rotatable bonds is 6. The Bertz CT molecular complexity index is 1160. The number of nitrogens with zero attached hydrogens (tertiary/aromatic N) is 1. The number of hydrogen-bond donors (Lipinski definition) is 1. The second-order valence-corrected chi connectivity index (χ2v) is 7.99. The average Bonchev–Trinajstić information content (AvgIpc) is 3.08. The zero-order chi connectivity index (χ0) is 22.5. The molecule has 158 valence electrons. The smallest absolute Gasteiger partial charge is 0.341 e. The van der Waals surface area contributed by atoms with Gasteiger partial charge in [0.15, 0.2) is 0 Å². The van der Waals surface area contributed by atoms with Crippen molar-refractivity contribution in [3.8, 4) is 11.1 Å². The highest BCUT2D eigenvalue weighted by Crippen LogP contribution is 2.40. The first kappa shape index (κ1) is 21.9. The number of thiophene rings is 1. The van der Waals surface area contributed by atoms with Gasteiger partial charge in [0, 0.05) is 28.6 Å². The Labute approximate surface area is 183 Å². The largest absolute Gasteiger partial charge is 0.465 e. The number of nitro groups is 1. The molecule has 0 atom stereocenters. The van der Waals surface area contributed by atoms with Crippen LogP contribution in [0.2, 0.25) is 0 Å². The number of carbonyl (C=O) groups excluding carboxylic acids is 2. The Morgan fingerprint density at radius 3 is 2.29 bits per heavy atom. The van der Waals surface area contributed by atoms with Crippen LogP contribution in [0.25, 0.3) is 17.2 Å². The maximum Gasteiger partial charge on any atom is 0.341 e. The molecule has 8 heteroatoms. The number of methoxy groups -OCH3 is 1. The van der Waals surface area contributed by atoms with E-state index in [9.17, 15) is 19.7 Å². The fourth-order valence-electron chi connectivity index (χ4n) is 3.03. The van der Waals surface area contributed by atoms with Gasteiger partial charge in [0.1, 0.15) is 10.6 Å². The van der Waals surface area contributed by atoms with Crippen LogP contribution in [-0.4, -0.2) is 23.9 Å². The Balaban J connectivity index is 1.87. The van der Waals surface area contributed by atoms with Gasteiger partial charge in [-0.2, -0.15) is 0 Å². The molecule has 0 bridgehead atoms. The van der Waals surface area contributed by atoms with E-state index < -0.39 is 16.8 Å². The fraction of sp³-hybridized carbons (Fsp3) is 0.130. The van der Waals surface area contributed by atoms with E-state index in [0.717, 1.165) is 21.6 Å². The van der Waals surface area contributed by atoms with Crippen LogP contribution in [0.15, 0.2) is 54.6 Å². The van der Waals surface area contributed by atoms with Gasteiger partial charge < -0.3 is 10.1 Å². The molecule has 2 aromatic carbocycles. The number of ether oxygens (including phenoxy) is 1. The van der Waals surface area contributed by atoms with Gasteiger partial charge in [-0.15, -0.1) is 11.3 Å². The molecule has 1 heterocycles. The number of esters is 1. The Morgan fingerprint density at radius 1 is 1.06 bits per heavy atom. The highest BCUT2D eigenvalue weighted by molar-refractivity contribution is 7.17. The molecule has 1 N–H and O–H groups in total. The highest BCUT2D eigenvalue weighted by atomic mass is 32.1. The minimum absolute atomic E-state index is 0.0259. The number of benzene rings is 2. The summed E-state index contributed by atoms with van der Waals surface area (Å²) >= 11 is 1.30. The molecule has 0 spiro atoms. The number of non-ortho nitro benzene ring substituents is 1. The van der Waals surface area contributed by atoms with Gasteiger partial charge in [0.2, 0.25) is 5.91 Å². The van der Waals surface area contributed by atoms with Crippen molar-refractivity contribution in [3.63, 3.8) is 0 Å². The number of amides is 1. The predicted octanol–water partition coefficient (Wildman–Crippen LogP) is 5.38. The third-order valence-electron chi connectivity index (χ3n) is 4.58. The minimum atomic E-state index is -0.533. The zero-order valence-corrected chi connectivity index (χ0v) is 18.0. The standard InChI is InChI=1S/C23H20N2O5S/c1-14-4-9-17(10-5-14)20-15(2)31-22(21(20)23(27)30-3)24-19(26)13-8-16-6-11-18(12-7-16)25(28)29/h4-13H,1-3H3,(H,24,26)/b13-8+. The number of aryl methyl sites for hydroxylation is 2. The molecule has 0 aliphatic heterocycles. The lowest BCUT2D eigenvalue weighted by atomic mass is 10.0. The van der Waals surface area contributed by atoms with Crippen LogP contribution in [0.3, 0.4) is 0 Å². The van der Waals surface area contributed by atoms with Gasteiger partial charge in [-0.25, -0.2) is 4.79 Å². The van der Waals surface area contributed by atoms with Gasteiger partial charge in [0.05, 0.1) is 12.0 Å². The molecule has 1 amide bonds. The molecule has 0 fully saturated rings. The molecular formula is C23H20N2O5S. The van der Waals surface area contributed by atoms with Crippen LogP contribution in [0.5, 0.6) is 0 Å². The van der Waals surface area contributed by atoms with Crippen molar-refractivity contribution in [3.05, 3.63) is 86.3 Å². The number of carbonyl (C=O) groups is 2. The van der Waals surface area contributed by atoms with E-state index in [2.05, 4.69) is 5.32 Å². The second-order valence-electron chi connectivity index (χ2n) is 6.77. The quantitative estimate of drug-likeness (QED) is 0.242. The van der Waals surface area contributed by atoms with Crippen molar-refractivity contribution >= 4 is 40.0 Å². The molecule has 0 aliphatic carbocycles. The second kappa shape index (κ2) is 9.36. The average molecular weight is 436 g/mol. The zero-order valence-electron chi connectivity index (χ0n) is 17.2. The SMILES string of the molecule is COC(=O)c1c(NC(=O)/C=C/c2ccc([N+](=O)[O-])cc2)sc(C)c1-c1ccc(C)cc1. The fourth-order valence-corrected chi connectivity index (χ4v) is 4.10. The topological polar surface area (TPSA) is 98.5 Å². The monoisotopic (exact) mass is 436 g/mol. The van der Waals surface area contributed by atoms with Gasteiger partial charge in [-0.05, 0) is 43.2 Å². The van der Waals surface area contributed by atoms with Crippen LogP contribution >= 0.6 is 11.3 Å². The first-order valence-electron chi connectivity index (χ1n) is 9.32. The van der Waals surface area contributed by atoms with E-state index in [-0.39, 0.29) is 5.69 Å². The van der Waals surface area contributed by atoms with Crippen molar-refractivity contribution < 1.29 is 19.2 Å². The first-order valence-corrected chi connectivity index (χ1v) is 10.1. The van der Waals surface area contributed by atoms with Gasteiger partial charge in [-0.3, -0.25) is 14.9 Å². The number of nitrogens with one attached hydrogen (secondary N) is 1. The van der Waals surface area contributed by atoms with Crippen molar-refractivity contribution in [2.75, 3.05) is 12.4 Å². The summed E-state index contributed by atoms with van der Waals surface area (Å²) in [6, 6.07) is 13.6. The summed E-state index contributed by atoms with van der Waals surface area (Å²) in [7, 11) is 1.30. The molecule has 0 unspecified atom stereocenters. The normalized spacial score (nSPS) is 10.8. The van der Waals surface area contributed by atoms with E-state index in [1.165, 1.54) is 42.7 Å². The summed E-state index contributed by atoms with van der Waals surface area (Å²) in [6.07, 6.45) is 2.85.